The summed E-state index contributed by atoms with van der Waals surface area (Å²) in [4.78, 5) is 24.4. The molecule has 0 N–H and O–H groups in total. The third-order valence-corrected chi connectivity index (χ3v) is 4.52. The van der Waals surface area contributed by atoms with Gasteiger partial charge in [0.05, 0.1) is 0 Å². The van der Waals surface area contributed by atoms with Gasteiger partial charge >= 0.3 is 17.8 Å². The van der Waals surface area contributed by atoms with Crippen LogP contribution in [0.4, 0.5) is 0 Å². The maximum atomic E-state index is 12.2. The van der Waals surface area contributed by atoms with Crippen molar-refractivity contribution in [2.24, 2.45) is 0 Å². The molecule has 0 bridgehead atoms. The largest absolute Gasteiger partial charge is 0.548 e. The second-order valence-corrected chi connectivity index (χ2v) is 6.03. The molecule has 4 rings (SSSR count). The van der Waals surface area contributed by atoms with Crippen LogP contribution in [0.5, 0.6) is 0 Å². The summed E-state index contributed by atoms with van der Waals surface area (Å²) in [5.41, 5.74) is 1.57. The van der Waals surface area contributed by atoms with Gasteiger partial charge in [-0.3, -0.25) is 9.47 Å². The molecule has 2 aromatic carbocycles. The highest BCUT2D eigenvalue weighted by Crippen LogP contribution is 2.41. The summed E-state index contributed by atoms with van der Waals surface area (Å²) < 4.78 is 16.5. The summed E-state index contributed by atoms with van der Waals surface area (Å²) in [5.74, 6) is -2.77. The molecule has 1 unspecified atom stereocenters. The molecular formula is C17H14BO5. The average Bonchev–Trinajstić information content (AvgIpc) is 3.07. The van der Waals surface area contributed by atoms with Crippen molar-refractivity contribution in [3.8, 4) is 0 Å². The van der Waals surface area contributed by atoms with Crippen molar-refractivity contribution >= 4 is 19.2 Å². The van der Waals surface area contributed by atoms with Gasteiger partial charge in [0.15, 0.2) is 13.4 Å². The van der Waals surface area contributed by atoms with Crippen molar-refractivity contribution in [1.29, 1.82) is 0 Å². The number of esters is 2. The minimum absolute atomic E-state index is 0.376. The van der Waals surface area contributed by atoms with Crippen LogP contribution in [0.3, 0.4) is 0 Å². The molecule has 6 heteroatoms. The van der Waals surface area contributed by atoms with Crippen LogP contribution in [0.25, 0.3) is 0 Å². The van der Waals surface area contributed by atoms with E-state index in [9.17, 15) is 9.59 Å². The molecule has 2 aliphatic heterocycles. The Bertz CT molecular complexity index is 681. The summed E-state index contributed by atoms with van der Waals surface area (Å²) in [5, 5.41) is 0. The number of rotatable bonds is 2. The number of benzene rings is 2. The lowest BCUT2D eigenvalue weighted by Crippen LogP contribution is -2.36. The maximum absolute atomic E-state index is 12.2. The average molecular weight is 309 g/mol. The molecule has 3 atom stereocenters. The van der Waals surface area contributed by atoms with Gasteiger partial charge in [-0.1, -0.05) is 66.2 Å². The van der Waals surface area contributed by atoms with Crippen molar-refractivity contribution in [2.75, 3.05) is 0 Å². The van der Waals surface area contributed by atoms with Crippen molar-refractivity contribution < 1.29 is 23.8 Å². The zero-order valence-corrected chi connectivity index (χ0v) is 12.5. The Kier molecular flexibility index (Phi) is 3.20. The van der Waals surface area contributed by atoms with Crippen LogP contribution >= 0.6 is 0 Å². The first-order chi connectivity index (χ1) is 11.2. The quantitative estimate of drug-likeness (QED) is 0.476. The fraction of sp³-hybridized carbons (Fsp3) is 0.176. The molecule has 0 aromatic heterocycles. The van der Waals surface area contributed by atoms with Crippen LogP contribution in [0.15, 0.2) is 60.7 Å². The van der Waals surface area contributed by atoms with Gasteiger partial charge in [0.25, 0.3) is 0 Å². The number of hydrogen-bond acceptors (Lipinski definition) is 5. The minimum atomic E-state index is -1.49. The molecule has 115 valence electrons. The maximum Gasteiger partial charge on any atom is 0.548 e. The van der Waals surface area contributed by atoms with Gasteiger partial charge in [-0.05, 0) is 5.56 Å². The van der Waals surface area contributed by atoms with Crippen LogP contribution in [0.2, 0.25) is 0 Å². The Hall–Kier alpha value is -2.60. The smallest absolute Gasteiger partial charge is 0.408 e. The van der Waals surface area contributed by atoms with Gasteiger partial charge in [-0.15, -0.1) is 0 Å². The fourth-order valence-corrected chi connectivity index (χ4v) is 3.37. The SMILES string of the molecule is O=C1OC2([BH2-][C@H](c3ccccc3)C(=[O+])O2)O[C@@H]1c1ccccc1. The van der Waals surface area contributed by atoms with E-state index < -0.39 is 31.2 Å². The van der Waals surface area contributed by atoms with Crippen LogP contribution in [-0.4, -0.2) is 25.1 Å². The molecule has 2 aromatic rings. The Labute approximate surface area is 133 Å². The lowest BCUT2D eigenvalue weighted by molar-refractivity contribution is -0.255. The third-order valence-electron chi connectivity index (χ3n) is 4.52. The highest BCUT2D eigenvalue weighted by Gasteiger charge is 2.60. The van der Waals surface area contributed by atoms with E-state index in [-0.39, 0.29) is 5.82 Å². The molecular weight excluding hydrogens is 295 g/mol. The summed E-state index contributed by atoms with van der Waals surface area (Å²) in [7, 11) is -1.18. The molecule has 0 amide bonds. The first-order valence-electron chi connectivity index (χ1n) is 7.72. The number of ether oxygens (including phenoxy) is 3. The first kappa shape index (κ1) is 14.0. The van der Waals surface area contributed by atoms with E-state index in [0.29, 0.717) is 5.56 Å². The third kappa shape index (κ3) is 2.41. The Morgan fingerprint density at radius 3 is 2.17 bits per heavy atom. The lowest BCUT2D eigenvalue weighted by Gasteiger charge is -2.18. The van der Waals surface area contributed by atoms with Crippen molar-refractivity contribution in [1.82, 2.24) is 0 Å². The summed E-state index contributed by atoms with van der Waals surface area (Å²) >= 11 is 0. The molecule has 0 saturated carbocycles. The predicted octanol–water partition coefficient (Wildman–Crippen LogP) is 1.38. The number of hydrogen-bond donors (Lipinski definition) is 0. The molecule has 5 nitrogen and oxygen atoms in total. The van der Waals surface area contributed by atoms with Crippen LogP contribution in [-0.2, 0) is 23.8 Å². The van der Waals surface area contributed by atoms with Gasteiger partial charge in [0.2, 0.25) is 0 Å². The van der Waals surface area contributed by atoms with Gasteiger partial charge in [-0.25, -0.2) is 4.79 Å². The predicted molar refractivity (Wildman–Crippen MR) is 82.9 cm³/mol. The van der Waals surface area contributed by atoms with Gasteiger partial charge < -0.3 is 4.74 Å². The Balaban J connectivity index is 1.59. The summed E-state index contributed by atoms with van der Waals surface area (Å²) in [6, 6.07) is 18.4. The van der Waals surface area contributed by atoms with Crippen molar-refractivity contribution in [2.45, 2.75) is 17.8 Å². The first-order valence-corrected chi connectivity index (χ1v) is 7.72. The van der Waals surface area contributed by atoms with Crippen molar-refractivity contribution in [3.05, 3.63) is 71.8 Å². The van der Waals surface area contributed by atoms with E-state index in [4.69, 9.17) is 14.2 Å². The normalized spacial score (nSPS) is 29.6. The molecule has 23 heavy (non-hydrogen) atoms. The van der Waals surface area contributed by atoms with Gasteiger partial charge in [0.1, 0.15) is 0 Å². The molecule has 0 aliphatic carbocycles. The summed E-state index contributed by atoms with van der Waals surface area (Å²) in [6.07, 6.45) is -0.845. The molecule has 2 saturated heterocycles. The molecule has 1 radical (unpaired) electrons. The topological polar surface area (TPSA) is 64.7 Å². The molecule has 2 aliphatic rings. The summed E-state index contributed by atoms with van der Waals surface area (Å²) in [6.45, 7) is 0. The monoisotopic (exact) mass is 309 g/mol. The van der Waals surface area contributed by atoms with E-state index in [1.165, 1.54) is 0 Å². The molecule has 2 heterocycles. The molecule has 2 fully saturated rings. The zero-order chi connectivity index (χ0) is 15.9. The Morgan fingerprint density at radius 1 is 0.913 bits per heavy atom. The van der Waals surface area contributed by atoms with E-state index in [0.717, 1.165) is 5.56 Å². The fourth-order valence-electron chi connectivity index (χ4n) is 3.37. The number of carbonyl (C=O) groups is 2. The van der Waals surface area contributed by atoms with E-state index in [1.54, 1.807) is 12.1 Å². The van der Waals surface area contributed by atoms with Gasteiger partial charge in [-0.2, -0.15) is 0 Å². The Morgan fingerprint density at radius 2 is 1.52 bits per heavy atom. The van der Waals surface area contributed by atoms with Crippen LogP contribution < -0.4 is 0 Å². The highest BCUT2D eigenvalue weighted by atomic mass is 16.9. The van der Waals surface area contributed by atoms with Crippen LogP contribution in [0, 0.1) is 0 Å². The highest BCUT2D eigenvalue weighted by molar-refractivity contribution is 6.49. The zero-order valence-electron chi connectivity index (χ0n) is 12.5. The molecule has 1 spiro atoms. The number of carbonyl (C=O) groups excluding carboxylic acids is 2. The second-order valence-electron chi connectivity index (χ2n) is 6.03. The van der Waals surface area contributed by atoms with Gasteiger partial charge in [0, 0.05) is 10.6 Å². The standard InChI is InChI=1S/C17H14BO5/c19-15-13(11-7-3-1-4-8-11)18-17(22-15)21-14(16(20)23-17)12-9-5-2-6-10-12/h1-10,13-14H,18H2/t13-,14-,17?/m1/s1. The second kappa shape index (κ2) is 5.24. The van der Waals surface area contributed by atoms with E-state index in [2.05, 4.69) is 0 Å². The van der Waals surface area contributed by atoms with E-state index in [1.807, 2.05) is 48.5 Å². The van der Waals surface area contributed by atoms with E-state index >= 15 is 0 Å². The van der Waals surface area contributed by atoms with Crippen molar-refractivity contribution in [3.63, 3.8) is 0 Å². The van der Waals surface area contributed by atoms with Crippen LogP contribution in [0.1, 0.15) is 23.0 Å². The minimum Gasteiger partial charge on any atom is -0.408 e. The lowest BCUT2D eigenvalue weighted by atomic mass is 9.61.